The quantitative estimate of drug-likeness (QED) is 0.784. The van der Waals surface area contributed by atoms with Gasteiger partial charge in [0.25, 0.3) is 0 Å². The van der Waals surface area contributed by atoms with Crippen LogP contribution in [-0.2, 0) is 6.54 Å². The number of hydrogen-bond acceptors (Lipinski definition) is 5. The maximum Gasteiger partial charge on any atom is 0.236 e. The summed E-state index contributed by atoms with van der Waals surface area (Å²) in [6.45, 7) is 3.31. The first-order valence-electron chi connectivity index (χ1n) is 7.98. The van der Waals surface area contributed by atoms with Crippen LogP contribution in [0.2, 0.25) is 0 Å². The van der Waals surface area contributed by atoms with Crippen molar-refractivity contribution in [2.45, 2.75) is 12.6 Å². The van der Waals surface area contributed by atoms with Gasteiger partial charge in [-0.25, -0.2) is 9.37 Å². The van der Waals surface area contributed by atoms with E-state index in [1.807, 2.05) is 23.6 Å². The molecule has 0 aliphatic carbocycles. The van der Waals surface area contributed by atoms with Crippen LogP contribution < -0.4 is 5.32 Å². The number of nitrogens with zero attached hydrogens (tertiary/aromatic N) is 2. The third-order valence-corrected chi connectivity index (χ3v) is 5.09. The highest BCUT2D eigenvalue weighted by Gasteiger charge is 2.25. The summed E-state index contributed by atoms with van der Waals surface area (Å²) in [5.74, 6) is 0.469. The lowest BCUT2D eigenvalue weighted by atomic mass is 10.0. The summed E-state index contributed by atoms with van der Waals surface area (Å²) in [7, 11) is 0. The highest BCUT2D eigenvalue weighted by atomic mass is 32.1. The average Bonchev–Trinajstić information content (AvgIpc) is 3.26. The molecule has 0 amide bonds. The fraction of sp³-hybridized carbons (Fsp3) is 0.278. The minimum absolute atomic E-state index is 0.135. The summed E-state index contributed by atoms with van der Waals surface area (Å²) in [5.41, 5.74) is 1.89. The molecule has 4 nitrogen and oxygen atoms in total. The van der Waals surface area contributed by atoms with Crippen LogP contribution in [0.4, 0.5) is 4.39 Å². The average molecular weight is 343 g/mol. The zero-order valence-corrected chi connectivity index (χ0v) is 13.9. The third kappa shape index (κ3) is 3.26. The normalized spacial score (nSPS) is 18.8. The summed E-state index contributed by atoms with van der Waals surface area (Å²) in [6, 6.07) is 11.0. The maximum atomic E-state index is 13.6. The molecule has 1 aromatic carbocycles. The van der Waals surface area contributed by atoms with Gasteiger partial charge in [0.05, 0.1) is 10.6 Å². The maximum absolute atomic E-state index is 13.6. The van der Waals surface area contributed by atoms with Crippen molar-refractivity contribution in [1.82, 2.24) is 15.2 Å². The number of aromatic nitrogens is 1. The SMILES string of the molecule is Fc1cccc(C2CNCCN2Cc2coc(-c3cccs3)n2)c1. The van der Waals surface area contributed by atoms with Crippen molar-refractivity contribution in [3.8, 4) is 10.8 Å². The largest absolute Gasteiger partial charge is 0.444 e. The minimum Gasteiger partial charge on any atom is -0.444 e. The fourth-order valence-electron chi connectivity index (χ4n) is 3.08. The van der Waals surface area contributed by atoms with E-state index in [9.17, 15) is 4.39 Å². The molecule has 1 saturated heterocycles. The zero-order valence-electron chi connectivity index (χ0n) is 13.1. The van der Waals surface area contributed by atoms with Crippen molar-refractivity contribution in [2.24, 2.45) is 0 Å². The molecular weight excluding hydrogens is 325 g/mol. The number of halogens is 1. The van der Waals surface area contributed by atoms with Crippen LogP contribution in [0.1, 0.15) is 17.3 Å². The lowest BCUT2D eigenvalue weighted by Gasteiger charge is -2.36. The Kier molecular flexibility index (Phi) is 4.42. The molecule has 2 aromatic heterocycles. The van der Waals surface area contributed by atoms with Gasteiger partial charge in [0.2, 0.25) is 5.89 Å². The van der Waals surface area contributed by atoms with Crippen LogP contribution >= 0.6 is 11.3 Å². The van der Waals surface area contributed by atoms with Gasteiger partial charge < -0.3 is 9.73 Å². The highest BCUT2D eigenvalue weighted by Crippen LogP contribution is 2.27. The van der Waals surface area contributed by atoms with Crippen molar-refractivity contribution in [3.63, 3.8) is 0 Å². The van der Waals surface area contributed by atoms with E-state index in [0.29, 0.717) is 12.4 Å². The van der Waals surface area contributed by atoms with E-state index in [4.69, 9.17) is 4.42 Å². The topological polar surface area (TPSA) is 41.3 Å². The monoisotopic (exact) mass is 343 g/mol. The van der Waals surface area contributed by atoms with Gasteiger partial charge in [-0.05, 0) is 29.1 Å². The Morgan fingerprint density at radius 3 is 3.12 bits per heavy atom. The lowest BCUT2D eigenvalue weighted by molar-refractivity contribution is 0.151. The Balaban J connectivity index is 1.53. The van der Waals surface area contributed by atoms with Crippen LogP contribution in [0.5, 0.6) is 0 Å². The van der Waals surface area contributed by atoms with Gasteiger partial charge in [-0.1, -0.05) is 18.2 Å². The van der Waals surface area contributed by atoms with E-state index in [-0.39, 0.29) is 11.9 Å². The molecule has 0 bridgehead atoms. The van der Waals surface area contributed by atoms with Gasteiger partial charge in [0.1, 0.15) is 12.1 Å². The number of hydrogen-bond donors (Lipinski definition) is 1. The smallest absolute Gasteiger partial charge is 0.236 e. The number of rotatable bonds is 4. The third-order valence-electron chi connectivity index (χ3n) is 4.24. The van der Waals surface area contributed by atoms with Crippen LogP contribution in [0, 0.1) is 5.82 Å². The molecular formula is C18H18FN3OS. The van der Waals surface area contributed by atoms with E-state index >= 15 is 0 Å². The molecule has 3 aromatic rings. The summed E-state index contributed by atoms with van der Waals surface area (Å²) in [4.78, 5) is 7.95. The van der Waals surface area contributed by atoms with Crippen molar-refractivity contribution >= 4 is 11.3 Å². The number of oxazole rings is 1. The van der Waals surface area contributed by atoms with Crippen molar-refractivity contribution in [2.75, 3.05) is 19.6 Å². The van der Waals surface area contributed by atoms with E-state index in [2.05, 4.69) is 15.2 Å². The molecule has 1 unspecified atom stereocenters. The molecule has 1 aliphatic heterocycles. The molecule has 3 heterocycles. The Labute approximate surface area is 143 Å². The molecule has 0 spiro atoms. The van der Waals surface area contributed by atoms with E-state index < -0.39 is 0 Å². The van der Waals surface area contributed by atoms with Gasteiger partial charge in [0, 0.05) is 32.2 Å². The van der Waals surface area contributed by atoms with Crippen molar-refractivity contribution < 1.29 is 8.81 Å². The molecule has 1 N–H and O–H groups in total. The number of piperazine rings is 1. The second kappa shape index (κ2) is 6.84. The predicted molar refractivity (Wildman–Crippen MR) is 92.2 cm³/mol. The molecule has 4 rings (SSSR count). The Bertz CT molecular complexity index is 802. The summed E-state index contributed by atoms with van der Waals surface area (Å²) >= 11 is 1.61. The van der Waals surface area contributed by atoms with Gasteiger partial charge in [-0.3, -0.25) is 4.90 Å². The molecule has 124 valence electrons. The van der Waals surface area contributed by atoms with Gasteiger partial charge in [-0.2, -0.15) is 0 Å². The van der Waals surface area contributed by atoms with Crippen molar-refractivity contribution in [1.29, 1.82) is 0 Å². The predicted octanol–water partition coefficient (Wildman–Crippen LogP) is 3.69. The molecule has 0 radical (unpaired) electrons. The van der Waals surface area contributed by atoms with Gasteiger partial charge in [-0.15, -0.1) is 11.3 Å². The summed E-state index contributed by atoms with van der Waals surface area (Å²) in [5, 5.41) is 5.40. The van der Waals surface area contributed by atoms with Crippen LogP contribution in [0.25, 0.3) is 10.8 Å². The van der Waals surface area contributed by atoms with Crippen LogP contribution in [-0.4, -0.2) is 29.5 Å². The van der Waals surface area contributed by atoms with Crippen LogP contribution in [0.3, 0.4) is 0 Å². The second-order valence-electron chi connectivity index (χ2n) is 5.87. The minimum atomic E-state index is -0.195. The first-order chi connectivity index (χ1) is 11.8. The summed E-state index contributed by atoms with van der Waals surface area (Å²) < 4.78 is 19.2. The second-order valence-corrected chi connectivity index (χ2v) is 6.81. The molecule has 1 atom stereocenters. The number of thiophene rings is 1. The molecule has 1 aliphatic rings. The van der Waals surface area contributed by atoms with E-state index in [0.717, 1.165) is 35.8 Å². The Morgan fingerprint density at radius 1 is 1.33 bits per heavy atom. The highest BCUT2D eigenvalue weighted by molar-refractivity contribution is 7.13. The first kappa shape index (κ1) is 15.5. The number of benzene rings is 1. The standard InChI is InChI=1S/C18H18FN3OS/c19-14-4-1-3-13(9-14)16-10-20-6-7-22(16)11-15-12-23-18(21-15)17-5-2-8-24-17/h1-5,8-9,12,16,20H,6-7,10-11H2. The fourth-order valence-corrected chi connectivity index (χ4v) is 3.73. The lowest BCUT2D eigenvalue weighted by Crippen LogP contribution is -2.45. The molecule has 0 saturated carbocycles. The van der Waals surface area contributed by atoms with Gasteiger partial charge >= 0.3 is 0 Å². The number of nitrogens with one attached hydrogen (secondary N) is 1. The Hall–Kier alpha value is -2.02. The van der Waals surface area contributed by atoms with E-state index in [1.54, 1.807) is 29.7 Å². The van der Waals surface area contributed by atoms with Gasteiger partial charge in [0.15, 0.2) is 0 Å². The molecule has 1 fully saturated rings. The van der Waals surface area contributed by atoms with Crippen LogP contribution in [0.15, 0.2) is 52.5 Å². The first-order valence-corrected chi connectivity index (χ1v) is 8.86. The summed E-state index contributed by atoms with van der Waals surface area (Å²) in [6.07, 6.45) is 1.72. The zero-order chi connectivity index (χ0) is 16.4. The van der Waals surface area contributed by atoms with E-state index in [1.165, 1.54) is 6.07 Å². The Morgan fingerprint density at radius 2 is 2.29 bits per heavy atom. The molecule has 24 heavy (non-hydrogen) atoms. The molecule has 6 heteroatoms. The van der Waals surface area contributed by atoms with Crippen molar-refractivity contribution in [3.05, 3.63) is 65.1 Å².